The molecule has 24 heavy (non-hydrogen) atoms. The number of benzene rings is 1. The molecule has 0 radical (unpaired) electrons. The summed E-state index contributed by atoms with van der Waals surface area (Å²) in [4.78, 5) is 26.0. The maximum Gasteiger partial charge on any atom is 0.308 e. The molecule has 1 fully saturated rings. The van der Waals surface area contributed by atoms with E-state index in [0.29, 0.717) is 23.6 Å². The van der Waals surface area contributed by atoms with Crippen LogP contribution in [0.3, 0.4) is 0 Å². The molecule has 9 heteroatoms. The Morgan fingerprint density at radius 2 is 2.08 bits per heavy atom. The Balaban J connectivity index is 1.73. The highest BCUT2D eigenvalue weighted by atomic mass is 35.5. The molecule has 0 unspecified atom stereocenters. The van der Waals surface area contributed by atoms with Crippen molar-refractivity contribution >= 4 is 39.1 Å². The highest BCUT2D eigenvalue weighted by molar-refractivity contribution is 7.16. The van der Waals surface area contributed by atoms with Gasteiger partial charge in [0.1, 0.15) is 13.1 Å². The molecule has 2 aromatic rings. The smallest absolute Gasteiger partial charge is 0.308 e. The number of thiazole rings is 1. The zero-order chi connectivity index (χ0) is 17.3. The Bertz CT molecular complexity index is 811. The molecule has 3 rings (SSSR count). The summed E-state index contributed by atoms with van der Waals surface area (Å²) in [5, 5.41) is 21.7. The highest BCUT2D eigenvalue weighted by Gasteiger charge is 2.28. The Morgan fingerprint density at radius 1 is 1.38 bits per heavy atom. The Hall–Kier alpha value is -1.45. The van der Waals surface area contributed by atoms with Crippen molar-refractivity contribution in [2.24, 2.45) is 0 Å². The van der Waals surface area contributed by atoms with Crippen molar-refractivity contribution in [3.8, 4) is 0 Å². The van der Waals surface area contributed by atoms with Crippen molar-refractivity contribution in [1.82, 2.24) is 9.47 Å². The molecule has 1 aliphatic heterocycles. The summed E-state index contributed by atoms with van der Waals surface area (Å²) in [7, 11) is 0. The van der Waals surface area contributed by atoms with Gasteiger partial charge in [-0.25, -0.2) is 0 Å². The molecule has 1 aromatic carbocycles. The average Bonchev–Trinajstić information content (AvgIpc) is 2.83. The van der Waals surface area contributed by atoms with E-state index in [-0.39, 0.29) is 43.6 Å². The van der Waals surface area contributed by atoms with Gasteiger partial charge in [0, 0.05) is 5.02 Å². The van der Waals surface area contributed by atoms with E-state index in [1.54, 1.807) is 23.1 Å². The lowest BCUT2D eigenvalue weighted by molar-refractivity contribution is -0.884. The Labute approximate surface area is 147 Å². The van der Waals surface area contributed by atoms with Crippen LogP contribution in [0.4, 0.5) is 0 Å². The molecule has 2 heterocycles. The number of aromatic nitrogens is 1. The second-order valence-corrected chi connectivity index (χ2v) is 7.33. The number of aliphatic hydroxyl groups excluding tert-OH is 1. The van der Waals surface area contributed by atoms with Gasteiger partial charge in [0.2, 0.25) is 5.91 Å². The first-order valence-electron chi connectivity index (χ1n) is 7.66. The number of carbonyl (C=O) groups excluding carboxylic acids is 1. The first kappa shape index (κ1) is 17.4. The lowest BCUT2D eigenvalue weighted by Crippen LogP contribution is -2.58. The van der Waals surface area contributed by atoms with Gasteiger partial charge in [-0.05, 0) is 18.2 Å². The molecule has 0 spiro atoms. The van der Waals surface area contributed by atoms with E-state index >= 15 is 0 Å². The topological polar surface area (TPSA) is 85.6 Å². The quantitative estimate of drug-likeness (QED) is 0.638. The van der Waals surface area contributed by atoms with Crippen LogP contribution in [0.5, 0.6) is 0 Å². The van der Waals surface area contributed by atoms with E-state index in [0.717, 1.165) is 16.0 Å². The number of hydrogen-bond acceptors (Lipinski definition) is 5. The molecule has 1 saturated heterocycles. The monoisotopic (exact) mass is 371 g/mol. The average molecular weight is 372 g/mol. The van der Waals surface area contributed by atoms with Crippen LogP contribution in [-0.2, 0) is 11.3 Å². The normalized spacial score (nSPS) is 17.4. The van der Waals surface area contributed by atoms with Crippen LogP contribution < -0.4 is 4.87 Å². The fourth-order valence-electron chi connectivity index (χ4n) is 2.91. The maximum atomic E-state index is 12.5. The van der Waals surface area contributed by atoms with Crippen LogP contribution in [0.25, 0.3) is 10.2 Å². The summed E-state index contributed by atoms with van der Waals surface area (Å²) in [5.74, 6) is -0.188. The predicted octanol–water partition coefficient (Wildman–Crippen LogP) is 0.866. The fraction of sp³-hybridized carbons (Fsp3) is 0.467. The van der Waals surface area contributed by atoms with Gasteiger partial charge < -0.3 is 19.9 Å². The molecule has 1 N–H and O–H groups in total. The van der Waals surface area contributed by atoms with Crippen molar-refractivity contribution in [2.75, 3.05) is 39.3 Å². The van der Waals surface area contributed by atoms with Gasteiger partial charge >= 0.3 is 4.87 Å². The van der Waals surface area contributed by atoms with Crippen molar-refractivity contribution in [1.29, 1.82) is 0 Å². The van der Waals surface area contributed by atoms with Crippen LogP contribution in [0, 0.1) is 5.21 Å². The summed E-state index contributed by atoms with van der Waals surface area (Å²) in [6, 6.07) is 5.16. The van der Waals surface area contributed by atoms with Crippen molar-refractivity contribution in [3.63, 3.8) is 0 Å². The van der Waals surface area contributed by atoms with Gasteiger partial charge in [-0.15, -0.1) is 0 Å². The third-order valence-electron chi connectivity index (χ3n) is 4.34. The third kappa shape index (κ3) is 3.47. The minimum atomic E-state index is -0.475. The number of amides is 1. The lowest BCUT2D eigenvalue weighted by atomic mass is 10.3. The number of rotatable bonds is 4. The molecule has 130 valence electrons. The number of hydroxylamine groups is 3. The number of piperazine rings is 1. The van der Waals surface area contributed by atoms with E-state index in [4.69, 9.17) is 16.7 Å². The first-order chi connectivity index (χ1) is 11.4. The number of halogens is 1. The second kappa shape index (κ2) is 6.81. The highest BCUT2D eigenvalue weighted by Crippen LogP contribution is 2.22. The Kier molecular flexibility index (Phi) is 4.93. The van der Waals surface area contributed by atoms with E-state index < -0.39 is 4.65 Å². The SMILES string of the molecule is O=C(Cn1c(=O)sc2ccc(Cl)cc21)N1CC[N+]([O-])(CCO)CC1. The molecule has 0 saturated carbocycles. The van der Waals surface area contributed by atoms with E-state index in [2.05, 4.69) is 0 Å². The summed E-state index contributed by atoms with van der Waals surface area (Å²) >= 11 is 7.06. The van der Waals surface area contributed by atoms with Crippen LogP contribution in [0.15, 0.2) is 23.0 Å². The van der Waals surface area contributed by atoms with Crippen molar-refractivity contribution < 1.29 is 14.5 Å². The van der Waals surface area contributed by atoms with Gasteiger partial charge in [-0.2, -0.15) is 0 Å². The van der Waals surface area contributed by atoms with Gasteiger partial charge in [0.15, 0.2) is 0 Å². The van der Waals surface area contributed by atoms with Gasteiger partial charge in [-0.1, -0.05) is 22.9 Å². The number of nitrogens with zero attached hydrogens (tertiary/aromatic N) is 3. The minimum absolute atomic E-state index is 0.0575. The maximum absolute atomic E-state index is 12.5. The van der Waals surface area contributed by atoms with Gasteiger partial charge in [0.05, 0.1) is 43.0 Å². The van der Waals surface area contributed by atoms with E-state index in [1.807, 2.05) is 0 Å². The summed E-state index contributed by atoms with van der Waals surface area (Å²) in [6.07, 6.45) is 0. The number of aliphatic hydroxyl groups is 1. The molecule has 0 aliphatic carbocycles. The van der Waals surface area contributed by atoms with Gasteiger partial charge in [-0.3, -0.25) is 14.2 Å². The number of fused-ring (bicyclic) bond motifs is 1. The van der Waals surface area contributed by atoms with Crippen LogP contribution in [0.2, 0.25) is 5.02 Å². The predicted molar refractivity (Wildman–Crippen MR) is 93.0 cm³/mol. The number of quaternary nitrogens is 1. The number of carbonyl (C=O) groups is 1. The van der Waals surface area contributed by atoms with Crippen LogP contribution >= 0.6 is 22.9 Å². The second-order valence-electron chi connectivity index (χ2n) is 5.90. The molecule has 7 nitrogen and oxygen atoms in total. The van der Waals surface area contributed by atoms with Crippen molar-refractivity contribution in [3.05, 3.63) is 38.1 Å². The zero-order valence-electron chi connectivity index (χ0n) is 13.0. The standard InChI is InChI=1S/C15H18ClN3O4S/c16-11-1-2-13-12(9-11)18(15(22)24-13)10-14(21)17-3-5-19(23,6-4-17)7-8-20/h1-2,9,20H,3-8,10H2. The third-order valence-corrected chi connectivity index (χ3v) is 5.53. The summed E-state index contributed by atoms with van der Waals surface area (Å²) in [5.41, 5.74) is 0.650. The zero-order valence-corrected chi connectivity index (χ0v) is 14.6. The molecule has 1 amide bonds. The largest absolute Gasteiger partial charge is 0.633 e. The molecular weight excluding hydrogens is 354 g/mol. The Morgan fingerprint density at radius 3 is 2.75 bits per heavy atom. The van der Waals surface area contributed by atoms with Crippen LogP contribution in [-0.4, -0.2) is 64.5 Å². The molecular formula is C15H18ClN3O4S. The summed E-state index contributed by atoms with van der Waals surface area (Å²) in [6.45, 7) is 1.12. The van der Waals surface area contributed by atoms with E-state index in [1.165, 1.54) is 4.57 Å². The molecule has 1 aromatic heterocycles. The van der Waals surface area contributed by atoms with Gasteiger partial charge in [0.25, 0.3) is 0 Å². The minimum Gasteiger partial charge on any atom is -0.633 e. The lowest BCUT2D eigenvalue weighted by Gasteiger charge is -2.47. The van der Waals surface area contributed by atoms with Crippen molar-refractivity contribution in [2.45, 2.75) is 6.54 Å². The van der Waals surface area contributed by atoms with Crippen LogP contribution in [0.1, 0.15) is 0 Å². The summed E-state index contributed by atoms with van der Waals surface area (Å²) < 4.78 is 1.74. The fourth-order valence-corrected chi connectivity index (χ4v) is 3.94. The van der Waals surface area contributed by atoms with E-state index in [9.17, 15) is 14.8 Å². The molecule has 1 aliphatic rings. The first-order valence-corrected chi connectivity index (χ1v) is 8.86. The molecule has 0 atom stereocenters. The number of hydrogen-bond donors (Lipinski definition) is 1. The molecule has 0 bridgehead atoms.